The van der Waals surface area contributed by atoms with Crippen LogP contribution >= 0.6 is 22.9 Å². The summed E-state index contributed by atoms with van der Waals surface area (Å²) >= 11 is 7.49. The Morgan fingerprint density at radius 1 is 1.15 bits per heavy atom. The standard InChI is InChI=1S/C20H16ClN3OS/c1-13-12-26-20-23-18(11-24(13)20)15-4-8-17(9-5-15)22-19(25)10-14-2-6-16(21)7-3-14/h2-9,11-12H,10H2,1H3,(H,22,25). The molecule has 0 spiro atoms. The van der Waals surface area contributed by atoms with Crippen LogP contribution in [0.5, 0.6) is 0 Å². The van der Waals surface area contributed by atoms with Crippen LogP contribution in [0.1, 0.15) is 11.3 Å². The van der Waals surface area contributed by atoms with Gasteiger partial charge >= 0.3 is 0 Å². The number of thiazole rings is 1. The number of carbonyl (C=O) groups is 1. The summed E-state index contributed by atoms with van der Waals surface area (Å²) in [5.74, 6) is -0.0572. The maximum Gasteiger partial charge on any atom is 0.228 e. The van der Waals surface area contributed by atoms with Crippen molar-refractivity contribution in [2.24, 2.45) is 0 Å². The lowest BCUT2D eigenvalue weighted by Crippen LogP contribution is -2.14. The van der Waals surface area contributed by atoms with Crippen LogP contribution in [0, 0.1) is 6.92 Å². The number of nitrogens with zero attached hydrogens (tertiary/aromatic N) is 2. The number of hydrogen-bond donors (Lipinski definition) is 1. The molecular weight excluding hydrogens is 366 g/mol. The van der Waals surface area contributed by atoms with E-state index in [9.17, 15) is 4.79 Å². The molecule has 0 radical (unpaired) electrons. The first-order valence-electron chi connectivity index (χ1n) is 8.16. The van der Waals surface area contributed by atoms with E-state index in [0.717, 1.165) is 27.5 Å². The van der Waals surface area contributed by atoms with Gasteiger partial charge in [-0.2, -0.15) is 0 Å². The molecule has 26 heavy (non-hydrogen) atoms. The molecule has 0 aliphatic heterocycles. The SMILES string of the molecule is Cc1csc2nc(-c3ccc(NC(=O)Cc4ccc(Cl)cc4)cc3)cn12. The van der Waals surface area contributed by atoms with Crippen molar-refractivity contribution in [3.8, 4) is 11.3 Å². The van der Waals surface area contributed by atoms with Gasteiger partial charge in [-0.25, -0.2) is 4.98 Å². The summed E-state index contributed by atoms with van der Waals surface area (Å²) < 4.78 is 2.09. The predicted molar refractivity (Wildman–Crippen MR) is 107 cm³/mol. The van der Waals surface area contributed by atoms with Crippen molar-refractivity contribution in [2.45, 2.75) is 13.3 Å². The summed E-state index contributed by atoms with van der Waals surface area (Å²) in [6.07, 6.45) is 2.35. The molecule has 0 bridgehead atoms. The zero-order valence-electron chi connectivity index (χ0n) is 14.1. The highest BCUT2D eigenvalue weighted by atomic mass is 35.5. The number of amides is 1. The summed E-state index contributed by atoms with van der Waals surface area (Å²) in [7, 11) is 0. The van der Waals surface area contributed by atoms with Gasteiger partial charge in [-0.3, -0.25) is 9.20 Å². The van der Waals surface area contributed by atoms with Crippen molar-refractivity contribution in [3.63, 3.8) is 0 Å². The Morgan fingerprint density at radius 3 is 2.58 bits per heavy atom. The number of carbonyl (C=O) groups excluding carboxylic acids is 1. The van der Waals surface area contributed by atoms with E-state index in [0.29, 0.717) is 11.4 Å². The van der Waals surface area contributed by atoms with Gasteiger partial charge in [-0.05, 0) is 36.8 Å². The second-order valence-corrected chi connectivity index (χ2v) is 7.36. The lowest BCUT2D eigenvalue weighted by molar-refractivity contribution is -0.115. The number of anilines is 1. The molecule has 0 fully saturated rings. The third kappa shape index (κ3) is 3.49. The molecule has 1 N–H and O–H groups in total. The molecule has 0 aliphatic rings. The third-order valence-electron chi connectivity index (χ3n) is 4.13. The number of aryl methyl sites for hydroxylation is 1. The van der Waals surface area contributed by atoms with Gasteiger partial charge in [-0.1, -0.05) is 35.9 Å². The van der Waals surface area contributed by atoms with E-state index in [-0.39, 0.29) is 5.91 Å². The van der Waals surface area contributed by atoms with Gasteiger partial charge in [0.2, 0.25) is 5.91 Å². The van der Waals surface area contributed by atoms with E-state index < -0.39 is 0 Å². The molecule has 0 saturated heterocycles. The molecule has 4 rings (SSSR count). The van der Waals surface area contributed by atoms with E-state index >= 15 is 0 Å². The minimum Gasteiger partial charge on any atom is -0.326 e. The Kier molecular flexibility index (Phi) is 4.49. The zero-order valence-corrected chi connectivity index (χ0v) is 15.6. The van der Waals surface area contributed by atoms with Gasteiger partial charge < -0.3 is 5.32 Å². The van der Waals surface area contributed by atoms with Gasteiger partial charge in [0.15, 0.2) is 4.96 Å². The molecule has 6 heteroatoms. The van der Waals surface area contributed by atoms with Gasteiger partial charge in [0.05, 0.1) is 12.1 Å². The van der Waals surface area contributed by atoms with Crippen molar-refractivity contribution in [1.29, 1.82) is 0 Å². The number of rotatable bonds is 4. The fraction of sp³-hybridized carbons (Fsp3) is 0.100. The highest BCUT2D eigenvalue weighted by Crippen LogP contribution is 2.24. The topological polar surface area (TPSA) is 46.4 Å². The van der Waals surface area contributed by atoms with E-state index in [1.54, 1.807) is 23.5 Å². The average molecular weight is 382 g/mol. The van der Waals surface area contributed by atoms with Crippen molar-refractivity contribution in [2.75, 3.05) is 5.32 Å². The van der Waals surface area contributed by atoms with Crippen LogP contribution in [0.25, 0.3) is 16.2 Å². The molecule has 130 valence electrons. The summed E-state index contributed by atoms with van der Waals surface area (Å²) in [4.78, 5) is 17.8. The Hall–Kier alpha value is -2.63. The number of imidazole rings is 1. The lowest BCUT2D eigenvalue weighted by atomic mass is 10.1. The Bertz CT molecular complexity index is 1060. The Balaban J connectivity index is 1.45. The van der Waals surface area contributed by atoms with Crippen molar-refractivity contribution < 1.29 is 4.79 Å². The molecule has 4 nitrogen and oxygen atoms in total. The number of halogens is 1. The van der Waals surface area contributed by atoms with Gasteiger partial charge in [0.25, 0.3) is 0 Å². The first-order chi connectivity index (χ1) is 12.6. The highest BCUT2D eigenvalue weighted by molar-refractivity contribution is 7.15. The summed E-state index contributed by atoms with van der Waals surface area (Å²) in [6.45, 7) is 2.06. The molecule has 0 saturated carbocycles. The smallest absolute Gasteiger partial charge is 0.228 e. The fourth-order valence-corrected chi connectivity index (χ4v) is 3.73. The fourth-order valence-electron chi connectivity index (χ4n) is 2.75. The third-order valence-corrected chi connectivity index (χ3v) is 5.34. The molecule has 2 aromatic heterocycles. The quantitative estimate of drug-likeness (QED) is 0.527. The van der Waals surface area contributed by atoms with Crippen LogP contribution in [-0.2, 0) is 11.2 Å². The monoisotopic (exact) mass is 381 g/mol. The van der Waals surface area contributed by atoms with E-state index in [4.69, 9.17) is 11.6 Å². The molecule has 2 aromatic carbocycles. The molecule has 0 aliphatic carbocycles. The van der Waals surface area contributed by atoms with Crippen molar-refractivity contribution >= 4 is 39.5 Å². The predicted octanol–water partition coefficient (Wildman–Crippen LogP) is 5.21. The molecule has 1 amide bonds. The molecule has 2 heterocycles. The Morgan fingerprint density at radius 2 is 1.88 bits per heavy atom. The normalized spacial score (nSPS) is 11.0. The van der Waals surface area contributed by atoms with Crippen LogP contribution in [0.3, 0.4) is 0 Å². The first-order valence-corrected chi connectivity index (χ1v) is 9.42. The number of aromatic nitrogens is 2. The summed E-state index contributed by atoms with van der Waals surface area (Å²) in [6, 6.07) is 15.0. The van der Waals surface area contributed by atoms with Gasteiger partial charge in [0.1, 0.15) is 0 Å². The first kappa shape index (κ1) is 16.8. The summed E-state index contributed by atoms with van der Waals surface area (Å²) in [5.41, 5.74) is 4.83. The average Bonchev–Trinajstić information content (AvgIpc) is 3.20. The van der Waals surface area contributed by atoms with Crippen LogP contribution in [0.4, 0.5) is 5.69 Å². The molecule has 0 unspecified atom stereocenters. The molecule has 4 aromatic rings. The van der Waals surface area contributed by atoms with Crippen molar-refractivity contribution in [1.82, 2.24) is 9.38 Å². The van der Waals surface area contributed by atoms with E-state index in [1.165, 1.54) is 5.69 Å². The number of nitrogens with one attached hydrogen (secondary N) is 1. The van der Waals surface area contributed by atoms with E-state index in [1.807, 2.05) is 42.6 Å². The number of hydrogen-bond acceptors (Lipinski definition) is 3. The maximum atomic E-state index is 12.2. The molecular formula is C20H16ClN3OS. The summed E-state index contributed by atoms with van der Waals surface area (Å²) in [5, 5.41) is 5.67. The van der Waals surface area contributed by atoms with Gasteiger partial charge in [0, 0.05) is 33.5 Å². The number of fused-ring (bicyclic) bond motifs is 1. The second kappa shape index (κ2) is 6.94. The maximum absolute atomic E-state index is 12.2. The van der Waals surface area contributed by atoms with Crippen LogP contribution < -0.4 is 5.32 Å². The zero-order chi connectivity index (χ0) is 18.1. The highest BCUT2D eigenvalue weighted by Gasteiger charge is 2.08. The van der Waals surface area contributed by atoms with Crippen molar-refractivity contribution in [3.05, 3.63) is 76.4 Å². The van der Waals surface area contributed by atoms with Gasteiger partial charge in [-0.15, -0.1) is 11.3 Å². The largest absolute Gasteiger partial charge is 0.326 e. The van der Waals surface area contributed by atoms with Crippen LogP contribution in [-0.4, -0.2) is 15.3 Å². The Labute approximate surface area is 160 Å². The molecule has 0 atom stereocenters. The number of benzene rings is 2. The van der Waals surface area contributed by atoms with Crippen LogP contribution in [0.2, 0.25) is 5.02 Å². The lowest BCUT2D eigenvalue weighted by Gasteiger charge is -2.06. The minimum atomic E-state index is -0.0572. The van der Waals surface area contributed by atoms with E-state index in [2.05, 4.69) is 27.0 Å². The second-order valence-electron chi connectivity index (χ2n) is 6.08. The minimum absolute atomic E-state index is 0.0572. The van der Waals surface area contributed by atoms with Crippen LogP contribution in [0.15, 0.2) is 60.1 Å².